The maximum atomic E-state index is 11.3. The van der Waals surface area contributed by atoms with Crippen molar-refractivity contribution in [3.05, 3.63) is 0 Å². The van der Waals surface area contributed by atoms with Crippen LogP contribution < -0.4 is 11.5 Å². The Morgan fingerprint density at radius 3 is 2.88 bits per heavy atom. The number of ether oxygens (including phenoxy) is 2. The molecule has 0 aromatic rings. The van der Waals surface area contributed by atoms with E-state index >= 15 is 0 Å². The van der Waals surface area contributed by atoms with Gasteiger partial charge in [0.05, 0.1) is 24.4 Å². The van der Waals surface area contributed by atoms with Gasteiger partial charge in [0.25, 0.3) is 0 Å². The van der Waals surface area contributed by atoms with Crippen LogP contribution in [0.25, 0.3) is 0 Å². The molecule has 0 saturated heterocycles. The molecule has 0 spiro atoms. The second-order valence-electron chi connectivity index (χ2n) is 4.84. The van der Waals surface area contributed by atoms with E-state index in [0.717, 1.165) is 12.8 Å². The second-order valence-corrected chi connectivity index (χ2v) is 4.84. The first-order valence-electron chi connectivity index (χ1n) is 6.30. The zero-order chi connectivity index (χ0) is 12.9. The number of hydrogen-bond acceptors (Lipinski definition) is 4. The minimum atomic E-state index is -0.895. The molecule has 1 amide bonds. The van der Waals surface area contributed by atoms with Gasteiger partial charge in [0.1, 0.15) is 0 Å². The minimum absolute atomic E-state index is 0.0108. The van der Waals surface area contributed by atoms with Crippen molar-refractivity contribution in [2.75, 3.05) is 13.2 Å². The molecule has 1 fully saturated rings. The van der Waals surface area contributed by atoms with Gasteiger partial charge in [0, 0.05) is 13.0 Å². The third-order valence-electron chi connectivity index (χ3n) is 3.21. The summed E-state index contributed by atoms with van der Waals surface area (Å²) in [5.74, 6) is -0.428. The largest absolute Gasteiger partial charge is 0.379 e. The summed E-state index contributed by atoms with van der Waals surface area (Å²) >= 11 is 0. The van der Waals surface area contributed by atoms with E-state index in [2.05, 4.69) is 0 Å². The molecule has 4 N–H and O–H groups in total. The normalized spacial score (nSPS) is 31.1. The molecule has 0 aromatic heterocycles. The van der Waals surface area contributed by atoms with Gasteiger partial charge in [-0.25, -0.2) is 0 Å². The Morgan fingerprint density at radius 1 is 1.59 bits per heavy atom. The molecule has 100 valence electrons. The lowest BCUT2D eigenvalue weighted by molar-refractivity contribution is -0.128. The molecule has 3 unspecified atom stereocenters. The van der Waals surface area contributed by atoms with Crippen LogP contribution in [0.1, 0.15) is 39.5 Å². The van der Waals surface area contributed by atoms with E-state index < -0.39 is 11.4 Å². The van der Waals surface area contributed by atoms with Crippen LogP contribution in [0, 0.1) is 0 Å². The van der Waals surface area contributed by atoms with Crippen molar-refractivity contribution in [2.24, 2.45) is 11.5 Å². The van der Waals surface area contributed by atoms with Gasteiger partial charge in [-0.15, -0.1) is 0 Å². The van der Waals surface area contributed by atoms with Crippen LogP contribution in [0.15, 0.2) is 0 Å². The molecule has 3 atom stereocenters. The molecule has 0 heterocycles. The van der Waals surface area contributed by atoms with Gasteiger partial charge >= 0.3 is 0 Å². The van der Waals surface area contributed by atoms with E-state index in [9.17, 15) is 4.79 Å². The van der Waals surface area contributed by atoms with Crippen molar-refractivity contribution in [3.63, 3.8) is 0 Å². The maximum absolute atomic E-state index is 11.3. The van der Waals surface area contributed by atoms with E-state index in [-0.39, 0.29) is 12.2 Å². The highest BCUT2D eigenvalue weighted by Crippen LogP contribution is 2.28. The SMILES string of the molecule is CCOCC(C)OC1CCCC(N)(C(N)=O)C1. The van der Waals surface area contributed by atoms with E-state index in [0.29, 0.717) is 26.1 Å². The quantitative estimate of drug-likeness (QED) is 0.714. The van der Waals surface area contributed by atoms with Crippen molar-refractivity contribution in [2.45, 2.75) is 57.3 Å². The maximum Gasteiger partial charge on any atom is 0.237 e. The van der Waals surface area contributed by atoms with E-state index in [1.165, 1.54) is 0 Å². The highest BCUT2D eigenvalue weighted by atomic mass is 16.5. The summed E-state index contributed by atoms with van der Waals surface area (Å²) < 4.78 is 11.1. The van der Waals surface area contributed by atoms with Gasteiger partial charge in [-0.2, -0.15) is 0 Å². The Labute approximate surface area is 103 Å². The number of nitrogens with two attached hydrogens (primary N) is 2. The predicted molar refractivity (Wildman–Crippen MR) is 65.4 cm³/mol. The molecule has 1 aliphatic carbocycles. The van der Waals surface area contributed by atoms with Crippen molar-refractivity contribution < 1.29 is 14.3 Å². The standard InChI is InChI=1S/C12H24N2O3/c1-3-16-8-9(2)17-10-5-4-6-12(14,7-10)11(13)15/h9-10H,3-8,14H2,1-2H3,(H2,13,15). The number of rotatable bonds is 6. The van der Waals surface area contributed by atoms with Crippen molar-refractivity contribution in [1.29, 1.82) is 0 Å². The average Bonchev–Trinajstić information content (AvgIpc) is 2.26. The predicted octanol–water partition coefficient (Wildman–Crippen LogP) is 0.553. The zero-order valence-electron chi connectivity index (χ0n) is 10.8. The molecule has 1 aliphatic rings. The van der Waals surface area contributed by atoms with E-state index in [4.69, 9.17) is 20.9 Å². The van der Waals surface area contributed by atoms with Crippen molar-refractivity contribution in [3.8, 4) is 0 Å². The fraction of sp³-hybridized carbons (Fsp3) is 0.917. The summed E-state index contributed by atoms with van der Waals surface area (Å²) in [5.41, 5.74) is 10.4. The van der Waals surface area contributed by atoms with Crippen molar-refractivity contribution >= 4 is 5.91 Å². The lowest BCUT2D eigenvalue weighted by Crippen LogP contribution is -2.56. The molecule has 1 rings (SSSR count). The molecule has 0 aromatic carbocycles. The van der Waals surface area contributed by atoms with Gasteiger partial charge in [0.15, 0.2) is 0 Å². The number of carbonyl (C=O) groups excluding carboxylic acids is 1. The summed E-state index contributed by atoms with van der Waals surface area (Å²) in [5, 5.41) is 0. The topological polar surface area (TPSA) is 87.6 Å². The zero-order valence-corrected chi connectivity index (χ0v) is 10.8. The van der Waals surface area contributed by atoms with Crippen LogP contribution in [0.5, 0.6) is 0 Å². The van der Waals surface area contributed by atoms with Crippen LogP contribution in [0.4, 0.5) is 0 Å². The molecule has 5 heteroatoms. The minimum Gasteiger partial charge on any atom is -0.379 e. The summed E-state index contributed by atoms with van der Waals surface area (Å²) in [4.78, 5) is 11.3. The number of hydrogen-bond donors (Lipinski definition) is 2. The number of primary amides is 1. The fourth-order valence-corrected chi connectivity index (χ4v) is 2.25. The average molecular weight is 244 g/mol. The molecule has 17 heavy (non-hydrogen) atoms. The second kappa shape index (κ2) is 6.33. The third-order valence-corrected chi connectivity index (χ3v) is 3.21. The van der Waals surface area contributed by atoms with Gasteiger partial charge in [-0.1, -0.05) is 0 Å². The van der Waals surface area contributed by atoms with Gasteiger partial charge < -0.3 is 20.9 Å². The van der Waals surface area contributed by atoms with Gasteiger partial charge in [-0.3, -0.25) is 4.79 Å². The third kappa shape index (κ3) is 4.26. The van der Waals surface area contributed by atoms with Gasteiger partial charge in [-0.05, 0) is 33.1 Å². The molecule has 5 nitrogen and oxygen atoms in total. The Bertz CT molecular complexity index is 260. The summed E-state index contributed by atoms with van der Waals surface area (Å²) in [6, 6.07) is 0. The van der Waals surface area contributed by atoms with Crippen LogP contribution in [0.2, 0.25) is 0 Å². The van der Waals surface area contributed by atoms with Crippen LogP contribution >= 0.6 is 0 Å². The van der Waals surface area contributed by atoms with Crippen LogP contribution in [-0.4, -0.2) is 36.9 Å². The van der Waals surface area contributed by atoms with Crippen LogP contribution in [0.3, 0.4) is 0 Å². The summed E-state index contributed by atoms with van der Waals surface area (Å²) in [6.45, 7) is 5.17. The van der Waals surface area contributed by atoms with E-state index in [1.54, 1.807) is 0 Å². The Kier molecular flexibility index (Phi) is 5.36. The first-order valence-corrected chi connectivity index (χ1v) is 6.30. The molecule has 0 aliphatic heterocycles. The monoisotopic (exact) mass is 244 g/mol. The Balaban J connectivity index is 2.42. The molecular weight excluding hydrogens is 220 g/mol. The van der Waals surface area contributed by atoms with E-state index in [1.807, 2.05) is 13.8 Å². The van der Waals surface area contributed by atoms with Gasteiger partial charge in [0.2, 0.25) is 5.91 Å². The lowest BCUT2D eigenvalue weighted by Gasteiger charge is -2.36. The Morgan fingerprint density at radius 2 is 2.29 bits per heavy atom. The van der Waals surface area contributed by atoms with Crippen molar-refractivity contribution in [1.82, 2.24) is 0 Å². The fourth-order valence-electron chi connectivity index (χ4n) is 2.25. The first-order chi connectivity index (χ1) is 7.98. The Hall–Kier alpha value is -0.650. The smallest absolute Gasteiger partial charge is 0.237 e. The molecule has 0 bridgehead atoms. The lowest BCUT2D eigenvalue weighted by atomic mass is 9.80. The molecule has 0 radical (unpaired) electrons. The number of amides is 1. The first kappa shape index (κ1) is 14.4. The highest BCUT2D eigenvalue weighted by molar-refractivity contribution is 5.84. The molecular formula is C12H24N2O3. The number of carbonyl (C=O) groups is 1. The summed E-state index contributed by atoms with van der Waals surface area (Å²) in [6.07, 6.45) is 3.02. The van der Waals surface area contributed by atoms with Crippen LogP contribution in [-0.2, 0) is 14.3 Å². The summed E-state index contributed by atoms with van der Waals surface area (Å²) in [7, 11) is 0. The highest BCUT2D eigenvalue weighted by Gasteiger charge is 2.38. The molecule has 1 saturated carbocycles.